The third-order valence-electron chi connectivity index (χ3n) is 10.1. The van der Waals surface area contributed by atoms with Crippen molar-refractivity contribution in [3.05, 3.63) is 36.5 Å². The van der Waals surface area contributed by atoms with Crippen molar-refractivity contribution >= 4 is 13.7 Å². The first kappa shape index (κ1) is 53.7. The summed E-state index contributed by atoms with van der Waals surface area (Å²) in [6.07, 6.45) is 46.3. The van der Waals surface area contributed by atoms with Crippen LogP contribution in [0.5, 0.6) is 0 Å². The Hall–Kier alpha value is -1.28. The summed E-state index contributed by atoms with van der Waals surface area (Å²) in [5, 5.41) is 13.8. The number of hydrogen-bond donors (Lipinski definition) is 3. The summed E-state index contributed by atoms with van der Waals surface area (Å²) in [5.74, 6) is -0.182. The number of amides is 1. The number of aliphatic hydroxyl groups is 1. The molecule has 55 heavy (non-hydrogen) atoms. The van der Waals surface area contributed by atoms with Crippen LogP contribution in [0.4, 0.5) is 0 Å². The van der Waals surface area contributed by atoms with Crippen LogP contribution < -0.4 is 5.32 Å². The Bertz CT molecular complexity index is 995. The molecule has 0 aliphatic heterocycles. The van der Waals surface area contributed by atoms with Crippen LogP contribution in [0.3, 0.4) is 0 Å². The Morgan fingerprint density at radius 2 is 1.02 bits per heavy atom. The van der Waals surface area contributed by atoms with Gasteiger partial charge in [-0.05, 0) is 44.9 Å². The number of carbonyl (C=O) groups is 1. The molecule has 3 atom stereocenters. The number of hydrogen-bond acceptors (Lipinski definition) is 5. The lowest BCUT2D eigenvalue weighted by Gasteiger charge is -2.25. The van der Waals surface area contributed by atoms with Gasteiger partial charge in [0.05, 0.1) is 39.9 Å². The molecule has 3 N–H and O–H groups in total. The molecule has 0 aromatic heterocycles. The lowest BCUT2D eigenvalue weighted by atomic mass is 10.0. The first-order valence-corrected chi connectivity index (χ1v) is 24.4. The average molecular weight is 798 g/mol. The lowest BCUT2D eigenvalue weighted by molar-refractivity contribution is -0.870. The average Bonchev–Trinajstić information content (AvgIpc) is 3.13. The Kier molecular flexibility index (Phi) is 37.4. The third kappa shape index (κ3) is 40.7. The number of phosphoric acid groups is 1. The van der Waals surface area contributed by atoms with Gasteiger partial charge in [0.2, 0.25) is 5.91 Å². The van der Waals surface area contributed by atoms with Crippen LogP contribution in [0.15, 0.2) is 36.5 Å². The van der Waals surface area contributed by atoms with Gasteiger partial charge in [0.1, 0.15) is 13.2 Å². The van der Waals surface area contributed by atoms with Gasteiger partial charge in [-0.3, -0.25) is 13.8 Å². The largest absolute Gasteiger partial charge is 0.472 e. The topological polar surface area (TPSA) is 105 Å². The van der Waals surface area contributed by atoms with Gasteiger partial charge in [-0.25, -0.2) is 4.57 Å². The van der Waals surface area contributed by atoms with Crippen molar-refractivity contribution in [1.82, 2.24) is 5.32 Å². The number of nitrogens with one attached hydrogen (secondary N) is 1. The highest BCUT2D eigenvalue weighted by Gasteiger charge is 2.27. The van der Waals surface area contributed by atoms with Gasteiger partial charge in [0.15, 0.2) is 0 Å². The summed E-state index contributed by atoms with van der Waals surface area (Å²) in [4.78, 5) is 23.1. The maximum Gasteiger partial charge on any atom is 0.472 e. The van der Waals surface area contributed by atoms with E-state index >= 15 is 0 Å². The predicted octanol–water partition coefficient (Wildman–Crippen LogP) is 12.7. The number of likely N-dealkylation sites (N-methyl/N-ethyl adjacent to an activating group) is 1. The highest BCUT2D eigenvalue weighted by molar-refractivity contribution is 7.47. The number of aliphatic hydroxyl groups excluding tert-OH is 1. The van der Waals surface area contributed by atoms with E-state index in [1.54, 1.807) is 6.08 Å². The Morgan fingerprint density at radius 1 is 0.618 bits per heavy atom. The molecular weight excluding hydrogens is 707 g/mol. The smallest absolute Gasteiger partial charge is 0.387 e. The molecule has 8 nitrogen and oxygen atoms in total. The van der Waals surface area contributed by atoms with Gasteiger partial charge < -0.3 is 19.8 Å². The van der Waals surface area contributed by atoms with Crippen LogP contribution in [-0.2, 0) is 18.4 Å². The van der Waals surface area contributed by atoms with E-state index in [2.05, 4.69) is 43.5 Å². The molecule has 0 heterocycles. The van der Waals surface area contributed by atoms with Crippen LogP contribution in [0, 0.1) is 0 Å². The van der Waals surface area contributed by atoms with E-state index in [4.69, 9.17) is 9.05 Å². The van der Waals surface area contributed by atoms with Crippen molar-refractivity contribution in [2.75, 3.05) is 40.9 Å². The van der Waals surface area contributed by atoms with Gasteiger partial charge >= 0.3 is 7.82 Å². The molecule has 0 rings (SSSR count). The van der Waals surface area contributed by atoms with Crippen LogP contribution in [0.2, 0.25) is 0 Å². The molecule has 0 saturated carbocycles. The number of rotatable bonds is 41. The number of nitrogens with zero attached hydrogens (tertiary/aromatic N) is 1. The predicted molar refractivity (Wildman–Crippen MR) is 235 cm³/mol. The third-order valence-corrected chi connectivity index (χ3v) is 11.1. The summed E-state index contributed by atoms with van der Waals surface area (Å²) in [6, 6.07) is -0.846. The van der Waals surface area contributed by atoms with Gasteiger partial charge in [-0.2, -0.15) is 0 Å². The highest BCUT2D eigenvalue weighted by atomic mass is 31.2. The molecule has 0 aromatic rings. The van der Waals surface area contributed by atoms with Crippen molar-refractivity contribution in [3.63, 3.8) is 0 Å². The fourth-order valence-corrected chi connectivity index (χ4v) is 7.18. The highest BCUT2D eigenvalue weighted by Crippen LogP contribution is 2.43. The number of allylic oxidation sites excluding steroid dienone is 5. The van der Waals surface area contributed by atoms with Gasteiger partial charge in [0, 0.05) is 6.42 Å². The minimum absolute atomic E-state index is 0.0607. The molecular formula is C46H90N2O6P+. The Labute approximate surface area is 340 Å². The molecule has 1 amide bonds. The minimum Gasteiger partial charge on any atom is -0.387 e. The molecule has 0 fully saturated rings. The van der Waals surface area contributed by atoms with Crippen LogP contribution in [-0.4, -0.2) is 73.4 Å². The van der Waals surface area contributed by atoms with E-state index in [0.717, 1.165) is 38.5 Å². The summed E-state index contributed by atoms with van der Waals surface area (Å²) >= 11 is 0. The first-order chi connectivity index (χ1) is 26.5. The number of phosphoric ester groups is 1. The molecule has 0 bridgehead atoms. The standard InChI is InChI=1S/C46H89N2O6P/c1-6-8-10-12-14-16-18-20-22-23-24-25-26-28-30-32-34-36-38-40-46(50)47-44(43-54-55(51,52)53-42-41-48(3,4)5)45(49)39-37-35-33-31-29-27-21-19-17-15-13-11-9-7-2/h14,16,18,20,37,39,44-45,49H,6-13,15,17,19,21-36,38,40-43H2,1-5H3,(H-,47,50,51,52)/p+1/b16-14-,20-18-,39-37+. The van der Waals surface area contributed by atoms with Gasteiger partial charge in [-0.1, -0.05) is 185 Å². The van der Waals surface area contributed by atoms with E-state index in [9.17, 15) is 19.4 Å². The van der Waals surface area contributed by atoms with E-state index < -0.39 is 20.0 Å². The first-order valence-electron chi connectivity index (χ1n) is 22.9. The molecule has 0 spiro atoms. The lowest BCUT2D eigenvalue weighted by Crippen LogP contribution is -2.45. The zero-order chi connectivity index (χ0) is 40.7. The molecule has 3 unspecified atom stereocenters. The molecule has 0 aromatic carbocycles. The van der Waals surface area contributed by atoms with Crippen LogP contribution >= 0.6 is 7.82 Å². The van der Waals surface area contributed by atoms with Gasteiger partial charge in [0.25, 0.3) is 0 Å². The monoisotopic (exact) mass is 798 g/mol. The summed E-state index contributed by atoms with van der Waals surface area (Å²) in [7, 11) is 1.57. The maximum absolute atomic E-state index is 12.9. The quantitative estimate of drug-likeness (QED) is 0.0187. The molecule has 9 heteroatoms. The normalized spacial score (nSPS) is 14.7. The van der Waals surface area contributed by atoms with Crippen molar-refractivity contribution < 1.29 is 32.9 Å². The molecule has 0 radical (unpaired) electrons. The van der Waals surface area contributed by atoms with E-state index in [0.29, 0.717) is 17.4 Å². The fourth-order valence-electron chi connectivity index (χ4n) is 6.44. The second-order valence-corrected chi connectivity index (χ2v) is 18.3. The van der Waals surface area contributed by atoms with Crippen molar-refractivity contribution in [1.29, 1.82) is 0 Å². The number of quaternary nitrogens is 1. The summed E-state index contributed by atoms with van der Waals surface area (Å²) in [5.41, 5.74) is 0. The molecule has 0 saturated heterocycles. The van der Waals surface area contributed by atoms with Crippen LogP contribution in [0.1, 0.15) is 200 Å². The maximum atomic E-state index is 12.9. The second-order valence-electron chi connectivity index (χ2n) is 16.8. The summed E-state index contributed by atoms with van der Waals surface area (Å²) < 4.78 is 23.6. The summed E-state index contributed by atoms with van der Waals surface area (Å²) in [6.45, 7) is 4.78. The Balaban J connectivity index is 4.38. The Morgan fingerprint density at radius 3 is 1.49 bits per heavy atom. The van der Waals surface area contributed by atoms with Crippen molar-refractivity contribution in [2.45, 2.75) is 212 Å². The minimum atomic E-state index is -4.34. The van der Waals surface area contributed by atoms with Gasteiger partial charge in [-0.15, -0.1) is 0 Å². The fraction of sp³-hybridized carbons (Fsp3) is 0.848. The number of unbranched alkanes of at least 4 members (excludes halogenated alkanes) is 25. The second kappa shape index (κ2) is 38.2. The molecule has 324 valence electrons. The van der Waals surface area contributed by atoms with E-state index in [1.807, 2.05) is 27.2 Å². The SMILES string of the molecule is CCCCC/C=C\C=C/CCCCCCCCCCCCC(=O)NC(COP(=O)(O)OCC[N+](C)(C)C)C(O)/C=C/CCCCCCCCCCCCCC. The zero-order valence-corrected chi connectivity index (χ0v) is 37.6. The molecule has 0 aliphatic rings. The van der Waals surface area contributed by atoms with E-state index in [1.165, 1.54) is 141 Å². The van der Waals surface area contributed by atoms with Crippen molar-refractivity contribution in [3.8, 4) is 0 Å². The zero-order valence-electron chi connectivity index (χ0n) is 36.7. The van der Waals surface area contributed by atoms with Crippen LogP contribution in [0.25, 0.3) is 0 Å². The van der Waals surface area contributed by atoms with E-state index in [-0.39, 0.29) is 19.1 Å². The van der Waals surface area contributed by atoms with Crippen molar-refractivity contribution in [2.24, 2.45) is 0 Å². The molecule has 0 aliphatic carbocycles. The number of carbonyl (C=O) groups excluding carboxylic acids is 1.